The molecule has 4 nitrogen and oxygen atoms in total. The third kappa shape index (κ3) is 3.50. The van der Waals surface area contributed by atoms with Crippen LogP contribution in [0.3, 0.4) is 0 Å². The molecule has 4 aliphatic carbocycles. The number of ketones is 1. The lowest BCUT2D eigenvalue weighted by Gasteiger charge is -2.59. The van der Waals surface area contributed by atoms with Gasteiger partial charge in [-0.05, 0) is 78.8 Å². The number of carbonyl (C=O) groups excluding carboxylic acids is 1. The van der Waals surface area contributed by atoms with Crippen LogP contribution in [-0.2, 0) is 10.2 Å². The fourth-order valence-electron chi connectivity index (χ4n) is 6.74. The number of hydrogen-bond acceptors (Lipinski definition) is 5. The average Bonchev–Trinajstić information content (AvgIpc) is 3.16. The maximum atomic E-state index is 12.6. The van der Waals surface area contributed by atoms with E-state index in [0.29, 0.717) is 24.4 Å². The zero-order chi connectivity index (χ0) is 21.5. The maximum absolute atomic E-state index is 12.6. The lowest BCUT2D eigenvalue weighted by atomic mass is 9.44. The number of phenols is 2. The molecule has 2 unspecified atom stereocenters. The Hall–Kier alpha value is -1.71. The summed E-state index contributed by atoms with van der Waals surface area (Å²) in [6.45, 7) is 5.02. The van der Waals surface area contributed by atoms with Crippen molar-refractivity contribution in [3.63, 3.8) is 0 Å². The van der Waals surface area contributed by atoms with E-state index < -0.39 is 0 Å². The predicted molar refractivity (Wildman–Crippen MR) is 121 cm³/mol. The number of isothiocyanates is 1. The lowest BCUT2D eigenvalue weighted by molar-refractivity contribution is -0.151. The summed E-state index contributed by atoms with van der Waals surface area (Å²) in [5.41, 5.74) is 1.60. The minimum atomic E-state index is -0.0846. The Kier molecular flexibility index (Phi) is 5.80. The Balaban J connectivity index is 1.60. The standard InChI is InChI=1S/C25H33NO3S/c1-24(2)18-14-19(24)20(27)13-17(18)23-21(28)11-16(12-22(23)29)25(7-3-4-8-25)9-5-6-10-26-15-30/h11-12,17-19,28-29H,3-10,13-14H2,1-2H3/t17-,18?,19?/m1/s1. The highest BCUT2D eigenvalue weighted by Crippen LogP contribution is 2.64. The van der Waals surface area contributed by atoms with Crippen LogP contribution >= 0.6 is 12.2 Å². The van der Waals surface area contributed by atoms with E-state index in [1.165, 1.54) is 12.8 Å². The number of phenolic OH excluding ortho intramolecular Hbond substituents is 2. The molecule has 0 aliphatic heterocycles. The summed E-state index contributed by atoms with van der Waals surface area (Å²) in [5, 5.41) is 24.5. The number of unbranched alkanes of at least 4 members (excludes halogenated alkanes) is 1. The summed E-state index contributed by atoms with van der Waals surface area (Å²) in [5.74, 6) is 1.01. The van der Waals surface area contributed by atoms with Gasteiger partial charge in [0.05, 0.1) is 5.16 Å². The quantitative estimate of drug-likeness (QED) is 0.323. The molecular weight excluding hydrogens is 394 g/mol. The van der Waals surface area contributed by atoms with Crippen LogP contribution in [0.25, 0.3) is 0 Å². The smallest absolute Gasteiger partial charge is 0.137 e. The van der Waals surface area contributed by atoms with E-state index in [1.54, 1.807) is 0 Å². The Morgan fingerprint density at radius 1 is 1.17 bits per heavy atom. The van der Waals surface area contributed by atoms with Gasteiger partial charge in [-0.3, -0.25) is 4.79 Å². The minimum absolute atomic E-state index is 0.0120. The van der Waals surface area contributed by atoms with Gasteiger partial charge in [-0.25, -0.2) is 4.99 Å². The van der Waals surface area contributed by atoms with E-state index in [0.717, 1.165) is 44.1 Å². The molecule has 0 saturated heterocycles. The summed E-state index contributed by atoms with van der Waals surface area (Å²) in [6.07, 6.45) is 8.88. The lowest BCUT2D eigenvalue weighted by Crippen LogP contribution is -2.56. The summed E-state index contributed by atoms with van der Waals surface area (Å²) in [6, 6.07) is 3.77. The van der Waals surface area contributed by atoms with Gasteiger partial charge >= 0.3 is 0 Å². The van der Waals surface area contributed by atoms with Crippen molar-refractivity contribution in [1.29, 1.82) is 0 Å². The van der Waals surface area contributed by atoms with Crippen molar-refractivity contribution in [3.8, 4) is 11.5 Å². The monoisotopic (exact) mass is 427 g/mol. The number of Topliss-reactive ketones (excluding diaryl/α,β-unsaturated/α-hetero) is 1. The predicted octanol–water partition coefficient (Wildman–Crippen LogP) is 5.90. The molecule has 0 radical (unpaired) electrons. The first-order valence-corrected chi connectivity index (χ1v) is 11.8. The van der Waals surface area contributed by atoms with Gasteiger partial charge in [0.1, 0.15) is 17.3 Å². The second-order valence-electron chi connectivity index (χ2n) is 10.3. The Morgan fingerprint density at radius 2 is 1.83 bits per heavy atom. The number of aliphatic imine (C=N–C) groups is 1. The van der Waals surface area contributed by atoms with Gasteiger partial charge in [0.15, 0.2) is 0 Å². The number of nitrogens with zero attached hydrogens (tertiary/aromatic N) is 1. The van der Waals surface area contributed by atoms with Crippen molar-refractivity contribution >= 4 is 23.2 Å². The summed E-state index contributed by atoms with van der Waals surface area (Å²) in [7, 11) is 0. The molecule has 0 heterocycles. The van der Waals surface area contributed by atoms with Crippen LogP contribution in [0, 0.1) is 17.3 Å². The van der Waals surface area contributed by atoms with Crippen molar-refractivity contribution in [2.45, 2.75) is 83.0 Å². The first kappa shape index (κ1) is 21.5. The molecule has 4 fully saturated rings. The average molecular weight is 428 g/mol. The summed E-state index contributed by atoms with van der Waals surface area (Å²) >= 11 is 4.64. The van der Waals surface area contributed by atoms with Gasteiger partial charge in [-0.1, -0.05) is 33.1 Å². The van der Waals surface area contributed by atoms with E-state index in [9.17, 15) is 15.0 Å². The van der Waals surface area contributed by atoms with Crippen molar-refractivity contribution < 1.29 is 15.0 Å². The van der Waals surface area contributed by atoms with Crippen molar-refractivity contribution in [2.24, 2.45) is 22.2 Å². The van der Waals surface area contributed by atoms with Crippen LogP contribution in [0.4, 0.5) is 0 Å². The Bertz CT molecular complexity index is 857. The molecule has 2 N–H and O–H groups in total. The van der Waals surface area contributed by atoms with Crippen LogP contribution in [0.5, 0.6) is 11.5 Å². The molecule has 0 spiro atoms. The highest BCUT2D eigenvalue weighted by molar-refractivity contribution is 7.78. The molecule has 30 heavy (non-hydrogen) atoms. The molecule has 1 aromatic carbocycles. The van der Waals surface area contributed by atoms with Crippen LogP contribution in [0.2, 0.25) is 0 Å². The Morgan fingerprint density at radius 3 is 2.40 bits per heavy atom. The number of hydrogen-bond donors (Lipinski definition) is 2. The van der Waals surface area contributed by atoms with Gasteiger partial charge in [0.2, 0.25) is 0 Å². The van der Waals surface area contributed by atoms with Gasteiger partial charge in [-0.15, -0.1) is 0 Å². The van der Waals surface area contributed by atoms with Crippen molar-refractivity contribution in [3.05, 3.63) is 23.3 Å². The minimum Gasteiger partial charge on any atom is -0.508 e. The number of fused-ring (bicyclic) bond motifs is 2. The molecule has 1 aromatic rings. The summed E-state index contributed by atoms with van der Waals surface area (Å²) < 4.78 is 0. The molecular formula is C25H33NO3S. The molecule has 5 heteroatoms. The molecule has 0 aromatic heterocycles. The fraction of sp³-hybridized carbons (Fsp3) is 0.680. The number of thiocarbonyl (C=S) groups is 1. The maximum Gasteiger partial charge on any atom is 0.137 e. The molecule has 5 rings (SSSR count). The van der Waals surface area contributed by atoms with Crippen molar-refractivity contribution in [1.82, 2.24) is 0 Å². The van der Waals surface area contributed by atoms with E-state index in [-0.39, 0.29) is 39.9 Å². The van der Waals surface area contributed by atoms with Gasteiger partial charge < -0.3 is 10.2 Å². The third-order valence-electron chi connectivity index (χ3n) is 8.56. The number of rotatable bonds is 7. The zero-order valence-corrected chi connectivity index (χ0v) is 18.9. The van der Waals surface area contributed by atoms with Crippen LogP contribution in [-0.4, -0.2) is 27.7 Å². The van der Waals surface area contributed by atoms with Crippen LogP contribution in [0.1, 0.15) is 88.7 Å². The third-order valence-corrected chi connectivity index (χ3v) is 8.69. The van der Waals surface area contributed by atoms with E-state index in [1.807, 2.05) is 12.1 Å². The number of aromatic hydroxyl groups is 2. The van der Waals surface area contributed by atoms with Gasteiger partial charge in [0, 0.05) is 30.4 Å². The molecule has 4 aliphatic rings. The summed E-state index contributed by atoms with van der Waals surface area (Å²) in [4.78, 5) is 16.6. The highest BCUT2D eigenvalue weighted by atomic mass is 32.1. The van der Waals surface area contributed by atoms with Crippen LogP contribution in [0.15, 0.2) is 17.1 Å². The zero-order valence-electron chi connectivity index (χ0n) is 18.1. The molecule has 162 valence electrons. The van der Waals surface area contributed by atoms with E-state index >= 15 is 0 Å². The number of carbonyl (C=O) groups is 1. The van der Waals surface area contributed by atoms with Crippen molar-refractivity contribution in [2.75, 3.05) is 6.54 Å². The second-order valence-corrected chi connectivity index (χ2v) is 10.5. The first-order chi connectivity index (χ1) is 14.3. The largest absolute Gasteiger partial charge is 0.508 e. The molecule has 2 bridgehead atoms. The molecule has 4 saturated carbocycles. The Labute approximate surface area is 184 Å². The first-order valence-electron chi connectivity index (χ1n) is 11.4. The fourth-order valence-corrected chi connectivity index (χ4v) is 6.83. The normalized spacial score (nSPS) is 28.6. The van der Waals surface area contributed by atoms with Gasteiger partial charge in [-0.2, -0.15) is 0 Å². The number of benzene rings is 1. The SMILES string of the molecule is CC1(C)C2CC1[C@H](c1c(O)cc(C3(CCCCN=C=S)CCCC3)cc1O)CC2=O. The van der Waals surface area contributed by atoms with Gasteiger partial charge in [0.25, 0.3) is 0 Å². The topological polar surface area (TPSA) is 69.9 Å². The highest BCUT2D eigenvalue weighted by Gasteiger charge is 2.59. The van der Waals surface area contributed by atoms with E-state index in [2.05, 4.69) is 36.2 Å². The molecule has 3 atom stereocenters. The van der Waals surface area contributed by atoms with Crippen LogP contribution < -0.4 is 0 Å². The second kappa shape index (κ2) is 8.09. The molecule has 0 amide bonds. The van der Waals surface area contributed by atoms with E-state index in [4.69, 9.17) is 0 Å².